The molecule has 2 nitrogen and oxygen atoms in total. The zero-order valence-corrected chi connectivity index (χ0v) is 13.0. The summed E-state index contributed by atoms with van der Waals surface area (Å²) in [6.45, 7) is 0. The first-order chi connectivity index (χ1) is 8.56. The molecular formula is C12H8BrClO2S2. The van der Waals surface area contributed by atoms with Crippen molar-refractivity contribution in [2.45, 2.75) is 4.90 Å². The van der Waals surface area contributed by atoms with E-state index < -0.39 is 10.8 Å². The number of carbonyl (C=O) groups is 1. The third-order valence-electron chi connectivity index (χ3n) is 2.19. The minimum absolute atomic E-state index is 0.0154. The van der Waals surface area contributed by atoms with Gasteiger partial charge in [-0.3, -0.25) is 9.00 Å². The largest absolute Gasteiger partial charge is 0.292 e. The van der Waals surface area contributed by atoms with Crippen molar-refractivity contribution in [1.29, 1.82) is 0 Å². The lowest BCUT2D eigenvalue weighted by molar-refractivity contribution is 0.102. The Kier molecular flexibility index (Phi) is 4.72. The molecule has 0 N–H and O–H groups in total. The third kappa shape index (κ3) is 3.51. The maximum Gasteiger partial charge on any atom is 0.185 e. The maximum atomic E-state index is 12.0. The Balaban J connectivity index is 2.08. The summed E-state index contributed by atoms with van der Waals surface area (Å²) in [6, 6.07) is 10.4. The molecule has 0 aliphatic rings. The van der Waals surface area contributed by atoms with Crippen molar-refractivity contribution in [3.8, 4) is 0 Å². The number of hydrogen-bond donors (Lipinski definition) is 0. The highest BCUT2D eigenvalue weighted by molar-refractivity contribution is 9.10. The molecule has 18 heavy (non-hydrogen) atoms. The zero-order valence-electron chi connectivity index (χ0n) is 9.06. The first kappa shape index (κ1) is 13.9. The van der Waals surface area contributed by atoms with Gasteiger partial charge in [0.2, 0.25) is 0 Å². The van der Waals surface area contributed by atoms with E-state index >= 15 is 0 Å². The van der Waals surface area contributed by atoms with Gasteiger partial charge in [0.05, 0.1) is 25.8 Å². The monoisotopic (exact) mass is 362 g/mol. The van der Waals surface area contributed by atoms with Crippen LogP contribution in [0, 0.1) is 0 Å². The highest BCUT2D eigenvalue weighted by Crippen LogP contribution is 2.22. The third-order valence-corrected chi connectivity index (χ3v) is 5.31. The normalized spacial score (nSPS) is 12.3. The van der Waals surface area contributed by atoms with Crippen LogP contribution in [0.4, 0.5) is 0 Å². The Morgan fingerprint density at radius 3 is 2.44 bits per heavy atom. The molecule has 0 amide bonds. The van der Waals surface area contributed by atoms with Crippen LogP contribution < -0.4 is 0 Å². The first-order valence-electron chi connectivity index (χ1n) is 4.99. The van der Waals surface area contributed by atoms with E-state index in [9.17, 15) is 9.00 Å². The number of halogens is 2. The van der Waals surface area contributed by atoms with Crippen molar-refractivity contribution in [2.24, 2.45) is 0 Å². The second kappa shape index (κ2) is 6.10. The SMILES string of the molecule is O=C(CS(=O)c1ccc(Br)cc1)c1ccc(Cl)s1. The van der Waals surface area contributed by atoms with Gasteiger partial charge < -0.3 is 0 Å². The average Bonchev–Trinajstić information content (AvgIpc) is 2.76. The predicted molar refractivity (Wildman–Crippen MR) is 79.1 cm³/mol. The Labute approximate surface area is 125 Å². The topological polar surface area (TPSA) is 34.1 Å². The summed E-state index contributed by atoms with van der Waals surface area (Å²) in [5, 5.41) is 0. The van der Waals surface area contributed by atoms with Crippen molar-refractivity contribution < 1.29 is 9.00 Å². The number of rotatable bonds is 4. The van der Waals surface area contributed by atoms with Crippen LogP contribution in [-0.2, 0) is 10.8 Å². The molecule has 1 unspecified atom stereocenters. The number of Topliss-reactive ketones (excluding diaryl/α,β-unsaturated/α-hetero) is 1. The maximum absolute atomic E-state index is 12.0. The van der Waals surface area contributed by atoms with Crippen LogP contribution in [0.25, 0.3) is 0 Å². The van der Waals surface area contributed by atoms with E-state index in [2.05, 4.69) is 15.9 Å². The van der Waals surface area contributed by atoms with Gasteiger partial charge in [-0.15, -0.1) is 11.3 Å². The first-order valence-corrected chi connectivity index (χ1v) is 8.29. The summed E-state index contributed by atoms with van der Waals surface area (Å²) in [4.78, 5) is 13.1. The van der Waals surface area contributed by atoms with E-state index in [4.69, 9.17) is 11.6 Å². The van der Waals surface area contributed by atoms with Crippen LogP contribution in [0.2, 0.25) is 4.34 Å². The van der Waals surface area contributed by atoms with Gasteiger partial charge in [-0.2, -0.15) is 0 Å². The van der Waals surface area contributed by atoms with Gasteiger partial charge in [-0.1, -0.05) is 27.5 Å². The van der Waals surface area contributed by atoms with Crippen molar-refractivity contribution in [1.82, 2.24) is 0 Å². The fourth-order valence-electron chi connectivity index (χ4n) is 1.32. The Morgan fingerprint density at radius 1 is 1.22 bits per heavy atom. The molecule has 6 heteroatoms. The molecule has 0 aliphatic heterocycles. The summed E-state index contributed by atoms with van der Waals surface area (Å²) in [5.74, 6) is -0.161. The van der Waals surface area contributed by atoms with Gasteiger partial charge in [-0.05, 0) is 36.4 Å². The van der Waals surface area contributed by atoms with E-state index in [1.807, 2.05) is 0 Å². The highest BCUT2D eigenvalue weighted by atomic mass is 79.9. The van der Waals surface area contributed by atoms with Crippen LogP contribution in [0.5, 0.6) is 0 Å². The van der Waals surface area contributed by atoms with Gasteiger partial charge >= 0.3 is 0 Å². The fraction of sp³-hybridized carbons (Fsp3) is 0.0833. The lowest BCUT2D eigenvalue weighted by Crippen LogP contribution is -2.09. The molecule has 0 aliphatic carbocycles. The molecule has 1 aromatic heterocycles. The average molecular weight is 364 g/mol. The molecule has 1 aromatic carbocycles. The Hall–Kier alpha value is -0.490. The zero-order chi connectivity index (χ0) is 13.1. The second-order valence-electron chi connectivity index (χ2n) is 3.47. The lowest BCUT2D eigenvalue weighted by atomic mass is 10.3. The molecule has 2 aromatic rings. The van der Waals surface area contributed by atoms with Crippen LogP contribution in [-0.4, -0.2) is 15.7 Å². The molecule has 0 fully saturated rings. The van der Waals surface area contributed by atoms with E-state index in [1.54, 1.807) is 36.4 Å². The molecule has 94 valence electrons. The van der Waals surface area contributed by atoms with Gasteiger partial charge in [-0.25, -0.2) is 0 Å². The summed E-state index contributed by atoms with van der Waals surface area (Å²) in [5.41, 5.74) is 0. The van der Waals surface area contributed by atoms with Crippen molar-refractivity contribution >= 4 is 55.5 Å². The van der Waals surface area contributed by atoms with E-state index in [-0.39, 0.29) is 11.5 Å². The molecule has 0 spiro atoms. The summed E-state index contributed by atoms with van der Waals surface area (Å²) in [7, 11) is -1.32. The minimum Gasteiger partial charge on any atom is -0.292 e. The summed E-state index contributed by atoms with van der Waals surface area (Å²) in [6.07, 6.45) is 0. The molecule has 0 bridgehead atoms. The van der Waals surface area contributed by atoms with Gasteiger partial charge in [0.25, 0.3) is 0 Å². The molecule has 0 radical (unpaired) electrons. The molecule has 0 saturated heterocycles. The van der Waals surface area contributed by atoms with Gasteiger partial charge in [0, 0.05) is 9.37 Å². The van der Waals surface area contributed by atoms with E-state index in [0.29, 0.717) is 14.1 Å². The van der Waals surface area contributed by atoms with E-state index in [0.717, 1.165) is 4.47 Å². The number of hydrogen-bond acceptors (Lipinski definition) is 3. The standard InChI is InChI=1S/C12H8BrClO2S2/c13-8-1-3-9(4-2-8)18(16)7-10(15)11-5-6-12(14)17-11/h1-6H,7H2. The Bertz CT molecular complexity index is 592. The fourth-order valence-corrected chi connectivity index (χ4v) is 3.66. The predicted octanol–water partition coefficient (Wildman–Crippen LogP) is 4.15. The van der Waals surface area contributed by atoms with Crippen LogP contribution >= 0.6 is 38.9 Å². The van der Waals surface area contributed by atoms with Crippen molar-refractivity contribution in [2.75, 3.05) is 5.75 Å². The molecular weight excluding hydrogens is 356 g/mol. The number of carbonyl (C=O) groups excluding carboxylic acids is 1. The van der Waals surface area contributed by atoms with Crippen LogP contribution in [0.3, 0.4) is 0 Å². The van der Waals surface area contributed by atoms with Gasteiger partial charge in [0.15, 0.2) is 5.78 Å². The smallest absolute Gasteiger partial charge is 0.185 e. The van der Waals surface area contributed by atoms with Crippen molar-refractivity contribution in [3.63, 3.8) is 0 Å². The molecule has 1 atom stereocenters. The lowest BCUT2D eigenvalue weighted by Gasteiger charge is -2.00. The number of ketones is 1. The highest BCUT2D eigenvalue weighted by Gasteiger charge is 2.14. The summed E-state index contributed by atoms with van der Waals surface area (Å²) >= 11 is 10.3. The molecule has 2 rings (SSSR count). The van der Waals surface area contributed by atoms with Crippen LogP contribution in [0.15, 0.2) is 45.8 Å². The number of benzene rings is 1. The van der Waals surface area contributed by atoms with Crippen molar-refractivity contribution in [3.05, 3.63) is 50.1 Å². The minimum atomic E-state index is -1.32. The summed E-state index contributed by atoms with van der Waals surface area (Å²) < 4.78 is 13.5. The second-order valence-corrected chi connectivity index (χ2v) is 7.55. The molecule has 1 heterocycles. The van der Waals surface area contributed by atoms with Crippen LogP contribution in [0.1, 0.15) is 9.67 Å². The Morgan fingerprint density at radius 2 is 1.89 bits per heavy atom. The van der Waals surface area contributed by atoms with Gasteiger partial charge in [0.1, 0.15) is 0 Å². The molecule has 0 saturated carbocycles. The van der Waals surface area contributed by atoms with E-state index in [1.165, 1.54) is 11.3 Å². The quantitative estimate of drug-likeness (QED) is 0.765. The number of thiophene rings is 1.